The van der Waals surface area contributed by atoms with Crippen molar-refractivity contribution in [1.82, 2.24) is 0 Å². The molecule has 732 valence electrons. The average Bonchev–Trinajstić information content (AvgIpc) is 0.728. The van der Waals surface area contributed by atoms with Gasteiger partial charge in [-0.1, -0.05) is 421 Å². The summed E-state index contributed by atoms with van der Waals surface area (Å²) in [5.41, 5.74) is 49.0. The Morgan fingerprint density at radius 1 is 0.169 bits per heavy atom. The highest BCUT2D eigenvalue weighted by molar-refractivity contribution is 7.01. The van der Waals surface area contributed by atoms with Gasteiger partial charge in [-0.15, -0.1) is 0 Å². The highest BCUT2D eigenvalue weighted by atomic mass is 16.3. The van der Waals surface area contributed by atoms with Crippen LogP contribution in [-0.4, -0.2) is 13.4 Å². The SMILES string of the molecule is CC(C)(C)c1cc(N2c3cc(C(C)(C)C)ccc3B3c4ccc(C(C)(C)C)cc4N(c4cc(C(C)(C)C)cc(C(C)(C)C)c4)c4cc(-c5cccc6c5oc5ccccc56)cc2c43)cc(C(C)(C)C)c1.CC(C)(C)c1ccc2c(c1)N(c1cc(-c3ccccc3)cc(-c3ccccc3)c1)c1cc(-c3cccc4c3oc3ccccc34)cc3c1B2c1ccc(C(C)(C)C)cc1N3c1cc(-c2ccccc2)cc(-c2ccccc2)c1. The van der Waals surface area contributed by atoms with E-state index in [1.165, 1.54) is 145 Å². The first-order valence-corrected chi connectivity index (χ1v) is 53.2. The number of furan rings is 2. The van der Waals surface area contributed by atoms with Gasteiger partial charge in [0.1, 0.15) is 22.3 Å². The monoisotopic (exact) mass is 1930 g/mol. The number of nitrogens with zero attached hydrogens (tertiary/aromatic N) is 4. The number of anilines is 12. The molecule has 148 heavy (non-hydrogen) atoms. The molecule has 0 aliphatic carbocycles. The van der Waals surface area contributed by atoms with Gasteiger partial charge in [0.25, 0.3) is 13.4 Å². The molecule has 0 unspecified atom stereocenters. The van der Waals surface area contributed by atoms with Gasteiger partial charge in [0.2, 0.25) is 0 Å². The lowest BCUT2D eigenvalue weighted by Gasteiger charge is -2.46. The van der Waals surface area contributed by atoms with E-state index in [4.69, 9.17) is 8.83 Å². The topological polar surface area (TPSA) is 39.2 Å². The van der Waals surface area contributed by atoms with Crippen LogP contribution in [0.15, 0.2) is 385 Å². The van der Waals surface area contributed by atoms with Gasteiger partial charge in [-0.3, -0.25) is 0 Å². The van der Waals surface area contributed by atoms with E-state index < -0.39 is 0 Å². The van der Waals surface area contributed by atoms with E-state index in [1.807, 2.05) is 0 Å². The van der Waals surface area contributed by atoms with Crippen LogP contribution in [0.5, 0.6) is 0 Å². The molecule has 0 saturated carbocycles. The van der Waals surface area contributed by atoms with E-state index in [2.05, 4.69) is 562 Å². The molecule has 0 spiro atoms. The van der Waals surface area contributed by atoms with E-state index in [0.717, 1.165) is 111 Å². The third-order valence-electron chi connectivity index (χ3n) is 31.6. The Bertz CT molecular complexity index is 8120. The third kappa shape index (κ3) is 17.1. The van der Waals surface area contributed by atoms with Gasteiger partial charge < -0.3 is 28.4 Å². The van der Waals surface area contributed by atoms with Gasteiger partial charge in [0.15, 0.2) is 0 Å². The second-order valence-corrected chi connectivity index (χ2v) is 50.3. The number of para-hydroxylation sites is 4. The van der Waals surface area contributed by atoms with Crippen molar-refractivity contribution in [3.63, 3.8) is 0 Å². The van der Waals surface area contributed by atoms with Crippen LogP contribution in [0.1, 0.15) is 211 Å². The Morgan fingerprint density at radius 2 is 0.399 bits per heavy atom. The summed E-state index contributed by atoms with van der Waals surface area (Å²) in [6.45, 7) is 56.2. The molecule has 0 bridgehead atoms. The van der Waals surface area contributed by atoms with Crippen LogP contribution in [0.25, 0.3) is 111 Å². The summed E-state index contributed by atoms with van der Waals surface area (Å²) in [5.74, 6) is 0. The minimum Gasteiger partial charge on any atom is -0.455 e. The van der Waals surface area contributed by atoms with Gasteiger partial charge in [0.05, 0.1) is 0 Å². The molecular weight excluding hydrogens is 1790 g/mol. The highest BCUT2D eigenvalue weighted by Gasteiger charge is 2.49. The fourth-order valence-corrected chi connectivity index (χ4v) is 23.1. The van der Waals surface area contributed by atoms with Crippen molar-refractivity contribution < 1.29 is 8.83 Å². The fourth-order valence-electron chi connectivity index (χ4n) is 23.1. The van der Waals surface area contributed by atoms with Gasteiger partial charge in [0, 0.05) is 101 Å². The summed E-state index contributed by atoms with van der Waals surface area (Å²) in [6.07, 6.45) is 0. The lowest BCUT2D eigenvalue weighted by atomic mass is 9.33. The number of hydrogen-bond donors (Lipinski definition) is 0. The molecule has 6 heterocycles. The molecule has 0 atom stereocenters. The molecule has 0 amide bonds. The van der Waals surface area contributed by atoms with Crippen LogP contribution in [0.4, 0.5) is 68.2 Å². The molecule has 0 radical (unpaired) electrons. The fraction of sp³-hybridized carbons (Fsp3) is 0.229. The number of fused-ring (bicyclic) bond motifs is 14. The zero-order chi connectivity index (χ0) is 103. The summed E-state index contributed by atoms with van der Waals surface area (Å²) in [4.78, 5) is 10.5. The lowest BCUT2D eigenvalue weighted by molar-refractivity contribution is 0.568. The second-order valence-electron chi connectivity index (χ2n) is 50.3. The Morgan fingerprint density at radius 3 is 0.649 bits per heavy atom. The standard InChI is InChI=1S/C74H59BN2O.C66H75BN2O/c1-73(2,3)57-34-36-64-66(46-57)76(59-40-52(48-22-11-7-12-23-48)38-53(41-59)49-24-13-8-14-25-49)68-44-56(61-31-21-32-63-62-30-19-20-33-70(62)78-72(61)63)45-69-71(68)75(64)65-37-35-58(74(4,5)6)47-67(65)77(69)60-42-54(50-26-15-9-16-27-50)39-55(43-60)51-28-17-10-18-29-51;1-61(2,3)41-26-28-52-54(38-41)68(47-34-43(63(7,8)9)32-44(35-47)64(10,11)12)56-30-40(49-23-21-24-51-50-22-19-20-25-58(50)70-60(49)51)31-57-59(56)67(52)53-29-27-42(62(4,5)6)39-55(53)69(57)48-36-45(65(13,14)15)33-46(37-48)66(16,17)18/h7-47H,1-6H3;19-39H,1-18H3. The average molecular weight is 1930 g/mol. The minimum atomic E-state index is -0.116. The first kappa shape index (κ1) is 96.4. The molecular formula is C140H134B2N4O2. The number of hydrogen-bond acceptors (Lipinski definition) is 6. The molecule has 2 aromatic heterocycles. The Labute approximate surface area is 877 Å². The Balaban J connectivity index is 0.000000164. The van der Waals surface area contributed by atoms with Gasteiger partial charge >= 0.3 is 0 Å². The molecule has 20 aromatic rings. The smallest absolute Gasteiger partial charge is 0.252 e. The predicted octanol–water partition coefficient (Wildman–Crippen LogP) is 35.7. The van der Waals surface area contributed by atoms with Gasteiger partial charge in [-0.25, -0.2) is 0 Å². The van der Waals surface area contributed by atoms with Gasteiger partial charge in [-0.05, 0) is 298 Å². The van der Waals surface area contributed by atoms with Crippen molar-refractivity contribution in [2.24, 2.45) is 0 Å². The first-order chi connectivity index (χ1) is 70.4. The maximum atomic E-state index is 6.96. The van der Waals surface area contributed by atoms with Crippen molar-refractivity contribution in [1.29, 1.82) is 0 Å². The normalized spacial score (nSPS) is 13.6. The predicted molar refractivity (Wildman–Crippen MR) is 638 cm³/mol. The maximum absolute atomic E-state index is 6.96. The van der Waals surface area contributed by atoms with E-state index in [0.29, 0.717) is 0 Å². The summed E-state index contributed by atoms with van der Waals surface area (Å²) in [7, 11) is 0. The molecule has 24 rings (SSSR count). The molecule has 18 aromatic carbocycles. The number of benzene rings is 18. The molecule has 6 nitrogen and oxygen atoms in total. The summed E-state index contributed by atoms with van der Waals surface area (Å²) < 4.78 is 13.9. The van der Waals surface area contributed by atoms with Crippen LogP contribution in [0, 0.1) is 0 Å². The minimum absolute atomic E-state index is 0.0256. The van der Waals surface area contributed by atoms with E-state index in [9.17, 15) is 0 Å². The van der Waals surface area contributed by atoms with Crippen molar-refractivity contribution in [3.8, 4) is 66.8 Å². The van der Waals surface area contributed by atoms with Crippen molar-refractivity contribution >= 4 is 158 Å². The molecule has 4 aliphatic rings. The first-order valence-electron chi connectivity index (χ1n) is 53.2. The molecule has 0 fully saturated rings. The van der Waals surface area contributed by atoms with Crippen molar-refractivity contribution in [2.45, 2.75) is 209 Å². The third-order valence-corrected chi connectivity index (χ3v) is 31.6. The molecule has 8 heteroatoms. The van der Waals surface area contributed by atoms with E-state index >= 15 is 0 Å². The van der Waals surface area contributed by atoms with Crippen LogP contribution >= 0.6 is 0 Å². The molecule has 4 aliphatic heterocycles. The molecule has 0 saturated heterocycles. The zero-order valence-corrected chi connectivity index (χ0v) is 90.6. The van der Waals surface area contributed by atoms with E-state index in [1.54, 1.807) is 0 Å². The maximum Gasteiger partial charge on any atom is 0.252 e. The summed E-state index contributed by atoms with van der Waals surface area (Å²) in [6, 6.07) is 142. The van der Waals surface area contributed by atoms with Crippen molar-refractivity contribution in [2.75, 3.05) is 19.6 Å². The Hall–Kier alpha value is -15.1. The quantitative estimate of drug-likeness (QED) is 0.127. The van der Waals surface area contributed by atoms with Crippen LogP contribution in [0.3, 0.4) is 0 Å². The van der Waals surface area contributed by atoms with Gasteiger partial charge in [-0.2, -0.15) is 0 Å². The highest BCUT2D eigenvalue weighted by Crippen LogP contribution is 2.56. The molecule has 0 N–H and O–H groups in total. The largest absolute Gasteiger partial charge is 0.455 e. The zero-order valence-electron chi connectivity index (χ0n) is 90.6. The van der Waals surface area contributed by atoms with E-state index in [-0.39, 0.29) is 56.7 Å². The van der Waals surface area contributed by atoms with Crippen molar-refractivity contribution in [3.05, 3.63) is 421 Å². The second kappa shape index (κ2) is 35.3. The Kier molecular flexibility index (Phi) is 23.0. The summed E-state index contributed by atoms with van der Waals surface area (Å²) >= 11 is 0. The number of rotatable bonds is 10. The van der Waals surface area contributed by atoms with Crippen LogP contribution in [0.2, 0.25) is 0 Å². The summed E-state index contributed by atoms with van der Waals surface area (Å²) in [5, 5.41) is 4.48. The van der Waals surface area contributed by atoms with Crippen LogP contribution in [-0.2, 0) is 43.3 Å². The lowest BCUT2D eigenvalue weighted by Crippen LogP contribution is -2.61. The van der Waals surface area contributed by atoms with Crippen LogP contribution < -0.4 is 52.4 Å².